The molecule has 2 heterocycles. The Morgan fingerprint density at radius 3 is 3.24 bits per heavy atom. The maximum absolute atomic E-state index is 11.4. The molecule has 1 aromatic heterocycles. The second kappa shape index (κ2) is 5.57. The lowest BCUT2D eigenvalue weighted by Crippen LogP contribution is -2.26. The number of hydrogen-bond donors (Lipinski definition) is 1. The van der Waals surface area contributed by atoms with Gasteiger partial charge in [0.1, 0.15) is 0 Å². The van der Waals surface area contributed by atoms with Crippen molar-refractivity contribution in [1.82, 2.24) is 9.88 Å². The first kappa shape index (κ1) is 12.5. The van der Waals surface area contributed by atoms with Crippen molar-refractivity contribution in [1.29, 1.82) is 0 Å². The quantitative estimate of drug-likeness (QED) is 0.808. The van der Waals surface area contributed by atoms with Crippen LogP contribution in [-0.2, 0) is 11.3 Å². The van der Waals surface area contributed by atoms with Crippen LogP contribution < -0.4 is 5.73 Å². The number of nitrogens with two attached hydrogens (primary N) is 1. The highest BCUT2D eigenvalue weighted by molar-refractivity contribution is 7.11. The van der Waals surface area contributed by atoms with E-state index in [0.29, 0.717) is 11.6 Å². The summed E-state index contributed by atoms with van der Waals surface area (Å²) in [7, 11) is 0. The monoisotopic (exact) mass is 255 g/mol. The number of hydrogen-bond acceptors (Lipinski definition) is 6. The van der Waals surface area contributed by atoms with Gasteiger partial charge in [0.15, 0.2) is 0 Å². The minimum absolute atomic E-state index is 0.276. The average molecular weight is 255 g/mol. The standard InChI is InChI=1S/C11H17N3O2S/c1-2-16-11(15)10-13-9(7-17-10)6-14-4-3-8(12)5-14/h7-8H,2-6,12H2,1H3/t8-/m0/s1. The zero-order valence-corrected chi connectivity index (χ0v) is 10.7. The van der Waals surface area contributed by atoms with Crippen LogP contribution in [0.3, 0.4) is 0 Å². The average Bonchev–Trinajstić information content (AvgIpc) is 2.89. The molecule has 0 aromatic carbocycles. The Morgan fingerprint density at radius 1 is 1.76 bits per heavy atom. The van der Waals surface area contributed by atoms with Crippen LogP contribution in [0.15, 0.2) is 5.38 Å². The Bertz CT molecular complexity index is 394. The molecule has 0 amide bonds. The van der Waals surface area contributed by atoms with Gasteiger partial charge in [0.25, 0.3) is 0 Å². The van der Waals surface area contributed by atoms with E-state index in [4.69, 9.17) is 10.5 Å². The third kappa shape index (κ3) is 3.24. The molecule has 1 saturated heterocycles. The molecule has 17 heavy (non-hydrogen) atoms. The lowest BCUT2D eigenvalue weighted by Gasteiger charge is -2.12. The van der Waals surface area contributed by atoms with Gasteiger partial charge in [0, 0.05) is 31.1 Å². The van der Waals surface area contributed by atoms with Crippen LogP contribution in [0.25, 0.3) is 0 Å². The lowest BCUT2D eigenvalue weighted by atomic mass is 10.3. The fourth-order valence-electron chi connectivity index (χ4n) is 1.90. The van der Waals surface area contributed by atoms with Gasteiger partial charge in [-0.15, -0.1) is 11.3 Å². The maximum Gasteiger partial charge on any atom is 0.367 e. The summed E-state index contributed by atoms with van der Waals surface area (Å²) in [5, 5.41) is 2.35. The van der Waals surface area contributed by atoms with Crippen molar-refractivity contribution in [2.45, 2.75) is 25.9 Å². The first-order valence-electron chi connectivity index (χ1n) is 5.78. The molecule has 0 spiro atoms. The van der Waals surface area contributed by atoms with E-state index in [1.807, 2.05) is 5.38 Å². The smallest absolute Gasteiger partial charge is 0.367 e. The van der Waals surface area contributed by atoms with Gasteiger partial charge in [-0.05, 0) is 13.3 Å². The number of esters is 1. The third-order valence-electron chi connectivity index (χ3n) is 2.70. The molecule has 0 bridgehead atoms. The van der Waals surface area contributed by atoms with Crippen molar-refractivity contribution in [2.75, 3.05) is 19.7 Å². The van der Waals surface area contributed by atoms with Gasteiger partial charge in [-0.3, -0.25) is 4.90 Å². The van der Waals surface area contributed by atoms with Crippen LogP contribution in [-0.4, -0.2) is 41.6 Å². The van der Waals surface area contributed by atoms with Gasteiger partial charge < -0.3 is 10.5 Å². The summed E-state index contributed by atoms with van der Waals surface area (Å²) in [4.78, 5) is 18.0. The van der Waals surface area contributed by atoms with Gasteiger partial charge >= 0.3 is 5.97 Å². The van der Waals surface area contributed by atoms with Crippen molar-refractivity contribution in [3.05, 3.63) is 16.1 Å². The molecule has 2 N–H and O–H groups in total. The highest BCUT2D eigenvalue weighted by atomic mass is 32.1. The van der Waals surface area contributed by atoms with E-state index in [9.17, 15) is 4.79 Å². The van der Waals surface area contributed by atoms with Crippen LogP contribution in [0.4, 0.5) is 0 Å². The summed E-state index contributed by atoms with van der Waals surface area (Å²) in [5.41, 5.74) is 6.76. The minimum atomic E-state index is -0.332. The van der Waals surface area contributed by atoms with Crippen molar-refractivity contribution in [2.24, 2.45) is 5.73 Å². The van der Waals surface area contributed by atoms with Gasteiger partial charge in [-0.25, -0.2) is 9.78 Å². The van der Waals surface area contributed by atoms with Crippen molar-refractivity contribution < 1.29 is 9.53 Å². The molecule has 0 saturated carbocycles. The van der Waals surface area contributed by atoms with Gasteiger partial charge in [-0.2, -0.15) is 0 Å². The SMILES string of the molecule is CCOC(=O)c1nc(CN2CC[C@H](N)C2)cs1. The van der Waals surface area contributed by atoms with E-state index in [0.717, 1.165) is 31.7 Å². The summed E-state index contributed by atoms with van der Waals surface area (Å²) >= 11 is 1.34. The maximum atomic E-state index is 11.4. The van der Waals surface area contributed by atoms with E-state index >= 15 is 0 Å². The van der Waals surface area contributed by atoms with E-state index in [2.05, 4.69) is 9.88 Å². The van der Waals surface area contributed by atoms with E-state index in [1.165, 1.54) is 11.3 Å². The largest absolute Gasteiger partial charge is 0.461 e. The number of aromatic nitrogens is 1. The Labute approximate surface area is 105 Å². The van der Waals surface area contributed by atoms with Crippen LogP contribution >= 0.6 is 11.3 Å². The Balaban J connectivity index is 1.92. The Morgan fingerprint density at radius 2 is 2.59 bits per heavy atom. The Kier molecular flexibility index (Phi) is 4.09. The molecule has 1 fully saturated rings. The van der Waals surface area contributed by atoms with Crippen LogP contribution in [0, 0.1) is 0 Å². The number of nitrogens with zero attached hydrogens (tertiary/aromatic N) is 2. The zero-order valence-electron chi connectivity index (χ0n) is 9.89. The van der Waals surface area contributed by atoms with Gasteiger partial charge in [-0.1, -0.05) is 0 Å². The number of carbonyl (C=O) groups excluding carboxylic acids is 1. The molecule has 1 aliphatic rings. The molecule has 2 rings (SSSR count). The molecule has 0 unspecified atom stereocenters. The first-order valence-corrected chi connectivity index (χ1v) is 6.66. The van der Waals surface area contributed by atoms with Gasteiger partial charge in [0.05, 0.1) is 12.3 Å². The number of likely N-dealkylation sites (tertiary alicyclic amines) is 1. The second-order valence-corrected chi connectivity index (χ2v) is 5.01. The number of carbonyl (C=O) groups is 1. The van der Waals surface area contributed by atoms with Crippen LogP contribution in [0.1, 0.15) is 28.8 Å². The van der Waals surface area contributed by atoms with E-state index in [-0.39, 0.29) is 12.0 Å². The molecular weight excluding hydrogens is 238 g/mol. The lowest BCUT2D eigenvalue weighted by molar-refractivity contribution is 0.0525. The summed E-state index contributed by atoms with van der Waals surface area (Å²) in [5.74, 6) is -0.332. The summed E-state index contributed by atoms with van der Waals surface area (Å²) < 4.78 is 4.90. The number of rotatable bonds is 4. The van der Waals surface area contributed by atoms with Gasteiger partial charge in [0.2, 0.25) is 5.01 Å². The molecular formula is C11H17N3O2S. The molecule has 1 aromatic rings. The number of ether oxygens (including phenoxy) is 1. The Hall–Kier alpha value is -0.980. The van der Waals surface area contributed by atoms with E-state index in [1.54, 1.807) is 6.92 Å². The van der Waals surface area contributed by atoms with E-state index < -0.39 is 0 Å². The van der Waals surface area contributed by atoms with Crippen molar-refractivity contribution >= 4 is 17.3 Å². The molecule has 6 heteroatoms. The second-order valence-electron chi connectivity index (χ2n) is 4.15. The van der Waals surface area contributed by atoms with Crippen LogP contribution in [0.2, 0.25) is 0 Å². The normalized spacial score (nSPS) is 20.7. The predicted molar refractivity (Wildman–Crippen MR) is 65.9 cm³/mol. The summed E-state index contributed by atoms with van der Waals surface area (Å²) in [6.07, 6.45) is 1.04. The first-order chi connectivity index (χ1) is 8.19. The molecule has 5 nitrogen and oxygen atoms in total. The topological polar surface area (TPSA) is 68.5 Å². The molecule has 94 valence electrons. The highest BCUT2D eigenvalue weighted by Crippen LogP contribution is 2.15. The fourth-order valence-corrected chi connectivity index (χ4v) is 2.60. The fraction of sp³-hybridized carbons (Fsp3) is 0.636. The zero-order chi connectivity index (χ0) is 12.3. The summed E-state index contributed by atoms with van der Waals surface area (Å²) in [6, 6.07) is 0.276. The molecule has 0 aliphatic carbocycles. The van der Waals surface area contributed by atoms with Crippen molar-refractivity contribution in [3.8, 4) is 0 Å². The minimum Gasteiger partial charge on any atom is -0.461 e. The van der Waals surface area contributed by atoms with Crippen molar-refractivity contribution in [3.63, 3.8) is 0 Å². The van der Waals surface area contributed by atoms with Crippen LogP contribution in [0.5, 0.6) is 0 Å². The summed E-state index contributed by atoms with van der Waals surface area (Å²) in [6.45, 7) is 4.86. The molecule has 1 atom stereocenters. The predicted octanol–water partition coefficient (Wildman–Crippen LogP) is 0.853. The number of thiazole rings is 1. The third-order valence-corrected chi connectivity index (χ3v) is 3.57. The highest BCUT2D eigenvalue weighted by Gasteiger charge is 2.20. The molecule has 0 radical (unpaired) electrons. The molecule has 1 aliphatic heterocycles.